The van der Waals surface area contributed by atoms with Gasteiger partial charge in [-0.05, 0) is 0 Å². The minimum atomic E-state index is 0.886. The maximum absolute atomic E-state index is 4.72. The van der Waals surface area contributed by atoms with Crippen molar-refractivity contribution in [2.45, 2.75) is 6.54 Å². The van der Waals surface area contributed by atoms with Crippen molar-refractivity contribution >= 4 is 11.8 Å². The molecule has 0 bridgehead atoms. The van der Waals surface area contributed by atoms with Gasteiger partial charge in [0.05, 0.1) is 6.07 Å². The van der Waals surface area contributed by atoms with Gasteiger partial charge in [-0.15, -0.1) is 0 Å². The molecule has 1 fully saturated rings. The van der Waals surface area contributed by atoms with Crippen molar-refractivity contribution in [3.05, 3.63) is 18.0 Å². The normalized spacial score (nSPS) is 19.7. The first-order chi connectivity index (χ1) is 5.95. The molecule has 0 spiro atoms. The molecule has 1 aliphatic rings. The molecular formula is C8H11N2OS. The number of hydrogen-bond acceptors (Lipinski definition) is 4. The first kappa shape index (κ1) is 8.13. The third-order valence-electron chi connectivity index (χ3n) is 1.92. The molecule has 2 rings (SSSR count). The first-order valence-electron chi connectivity index (χ1n) is 4.06. The van der Waals surface area contributed by atoms with Crippen molar-refractivity contribution in [2.75, 3.05) is 24.6 Å². The van der Waals surface area contributed by atoms with Crippen LogP contribution in [0.15, 0.2) is 10.8 Å². The molecule has 0 unspecified atom stereocenters. The van der Waals surface area contributed by atoms with Crippen LogP contribution in [0.4, 0.5) is 0 Å². The molecular weight excluding hydrogens is 172 g/mol. The van der Waals surface area contributed by atoms with E-state index < -0.39 is 0 Å². The third-order valence-corrected chi connectivity index (χ3v) is 2.86. The van der Waals surface area contributed by atoms with Crippen LogP contribution < -0.4 is 0 Å². The lowest BCUT2D eigenvalue weighted by molar-refractivity contribution is 0.282. The molecule has 2 heterocycles. The topological polar surface area (TPSA) is 29.3 Å². The van der Waals surface area contributed by atoms with Crippen LogP contribution in [-0.2, 0) is 6.54 Å². The predicted molar refractivity (Wildman–Crippen MR) is 47.9 cm³/mol. The Hall–Kier alpha value is -0.480. The Bertz CT molecular complexity index is 219. The van der Waals surface area contributed by atoms with Crippen LogP contribution in [0.5, 0.6) is 0 Å². The summed E-state index contributed by atoms with van der Waals surface area (Å²) in [6.45, 7) is 3.20. The van der Waals surface area contributed by atoms with Gasteiger partial charge < -0.3 is 4.52 Å². The fraction of sp³-hybridized carbons (Fsp3) is 0.625. The number of thioether (sulfide) groups is 1. The van der Waals surface area contributed by atoms with Gasteiger partial charge in [0, 0.05) is 31.1 Å². The maximum atomic E-state index is 4.72. The molecule has 12 heavy (non-hydrogen) atoms. The number of rotatable bonds is 2. The van der Waals surface area contributed by atoms with Gasteiger partial charge in [-0.1, -0.05) is 5.16 Å². The summed E-state index contributed by atoms with van der Waals surface area (Å²) in [4.78, 5) is 2.38. The van der Waals surface area contributed by atoms with Crippen molar-refractivity contribution in [1.29, 1.82) is 0 Å². The van der Waals surface area contributed by atoms with E-state index in [-0.39, 0.29) is 0 Å². The molecule has 1 radical (unpaired) electrons. The maximum Gasteiger partial charge on any atom is 0.132 e. The molecule has 1 aliphatic heterocycles. The Balaban J connectivity index is 1.86. The summed E-state index contributed by atoms with van der Waals surface area (Å²) in [6.07, 6.45) is 1.51. The van der Waals surface area contributed by atoms with E-state index in [1.54, 1.807) is 0 Å². The van der Waals surface area contributed by atoms with E-state index in [1.807, 2.05) is 11.8 Å². The van der Waals surface area contributed by atoms with Crippen LogP contribution in [0.3, 0.4) is 0 Å². The van der Waals surface area contributed by atoms with Crippen LogP contribution in [0, 0.1) is 6.07 Å². The van der Waals surface area contributed by atoms with Crippen LogP contribution in [0.25, 0.3) is 0 Å². The fourth-order valence-electron chi connectivity index (χ4n) is 1.26. The first-order valence-corrected chi connectivity index (χ1v) is 5.21. The molecule has 3 nitrogen and oxygen atoms in total. The molecule has 0 N–H and O–H groups in total. The minimum absolute atomic E-state index is 0.886. The van der Waals surface area contributed by atoms with Crippen LogP contribution >= 0.6 is 11.8 Å². The van der Waals surface area contributed by atoms with Crippen LogP contribution in [0.2, 0.25) is 0 Å². The van der Waals surface area contributed by atoms with Gasteiger partial charge >= 0.3 is 0 Å². The van der Waals surface area contributed by atoms with Gasteiger partial charge in [0.15, 0.2) is 0 Å². The Morgan fingerprint density at radius 1 is 1.58 bits per heavy atom. The van der Waals surface area contributed by atoms with Gasteiger partial charge in [-0.3, -0.25) is 4.90 Å². The average molecular weight is 183 g/mol. The monoisotopic (exact) mass is 183 g/mol. The van der Waals surface area contributed by atoms with E-state index in [9.17, 15) is 0 Å². The second-order valence-corrected chi connectivity index (χ2v) is 4.02. The summed E-state index contributed by atoms with van der Waals surface area (Å²) >= 11 is 2.02. The number of nitrogens with zero attached hydrogens (tertiary/aromatic N) is 2. The molecule has 0 atom stereocenters. The van der Waals surface area contributed by atoms with E-state index in [0.717, 1.165) is 25.3 Å². The van der Waals surface area contributed by atoms with Crippen molar-refractivity contribution in [1.82, 2.24) is 10.1 Å². The molecule has 1 saturated heterocycles. The molecule has 0 aliphatic carbocycles. The summed E-state index contributed by atoms with van der Waals surface area (Å²) in [7, 11) is 0. The molecule has 1 aromatic rings. The number of aromatic nitrogens is 1. The highest BCUT2D eigenvalue weighted by Gasteiger charge is 2.11. The minimum Gasteiger partial charge on any atom is -0.364 e. The van der Waals surface area contributed by atoms with Crippen LogP contribution in [-0.4, -0.2) is 34.7 Å². The van der Waals surface area contributed by atoms with Gasteiger partial charge in [0.2, 0.25) is 0 Å². The SMILES string of the molecule is [c]1conc1CN1CCSCC1. The smallest absolute Gasteiger partial charge is 0.132 e. The van der Waals surface area contributed by atoms with Gasteiger partial charge in [-0.2, -0.15) is 11.8 Å². The quantitative estimate of drug-likeness (QED) is 0.684. The van der Waals surface area contributed by atoms with E-state index in [2.05, 4.69) is 16.1 Å². The zero-order chi connectivity index (χ0) is 8.23. The molecule has 4 heteroatoms. The molecule has 0 saturated carbocycles. The Morgan fingerprint density at radius 3 is 3.08 bits per heavy atom. The standard InChI is InChI=1S/C8H11N2OS/c1-4-11-9-8(1)7-10-2-5-12-6-3-10/h4H,2-3,5-7H2. The summed E-state index contributed by atoms with van der Waals surface area (Å²) < 4.78 is 4.72. The van der Waals surface area contributed by atoms with Crippen molar-refractivity contribution < 1.29 is 4.52 Å². The van der Waals surface area contributed by atoms with E-state index in [0.29, 0.717) is 0 Å². The van der Waals surface area contributed by atoms with Gasteiger partial charge in [0.25, 0.3) is 0 Å². The highest BCUT2D eigenvalue weighted by Crippen LogP contribution is 2.11. The molecule has 1 aromatic heterocycles. The largest absolute Gasteiger partial charge is 0.364 e. The van der Waals surface area contributed by atoms with E-state index >= 15 is 0 Å². The van der Waals surface area contributed by atoms with Crippen LogP contribution in [0.1, 0.15) is 5.69 Å². The number of hydrogen-bond donors (Lipinski definition) is 0. The highest BCUT2D eigenvalue weighted by molar-refractivity contribution is 7.99. The predicted octanol–water partition coefficient (Wildman–Crippen LogP) is 1.02. The van der Waals surface area contributed by atoms with E-state index in [4.69, 9.17) is 4.52 Å². The summed E-state index contributed by atoms with van der Waals surface area (Å²) in [5.41, 5.74) is 0.918. The van der Waals surface area contributed by atoms with E-state index in [1.165, 1.54) is 17.8 Å². The van der Waals surface area contributed by atoms with Crippen molar-refractivity contribution in [2.24, 2.45) is 0 Å². The molecule has 65 valence electrons. The highest BCUT2D eigenvalue weighted by atomic mass is 32.2. The Labute approximate surface area is 76.1 Å². The Morgan fingerprint density at radius 2 is 2.42 bits per heavy atom. The van der Waals surface area contributed by atoms with Gasteiger partial charge in [-0.25, -0.2) is 0 Å². The summed E-state index contributed by atoms with van der Waals surface area (Å²) in [5.74, 6) is 2.47. The summed E-state index contributed by atoms with van der Waals surface area (Å²) in [5, 5.41) is 3.83. The Kier molecular flexibility index (Phi) is 2.68. The second kappa shape index (κ2) is 3.96. The lowest BCUT2D eigenvalue weighted by atomic mass is 10.4. The lowest BCUT2D eigenvalue weighted by Gasteiger charge is -2.24. The zero-order valence-corrected chi connectivity index (χ0v) is 7.64. The average Bonchev–Trinajstić information content (AvgIpc) is 2.59. The van der Waals surface area contributed by atoms with Gasteiger partial charge in [0.1, 0.15) is 12.0 Å². The van der Waals surface area contributed by atoms with Crippen molar-refractivity contribution in [3.8, 4) is 0 Å². The zero-order valence-electron chi connectivity index (χ0n) is 6.82. The molecule has 0 aromatic carbocycles. The summed E-state index contributed by atoms with van der Waals surface area (Å²) in [6, 6.07) is 2.96. The molecule has 0 amide bonds. The lowest BCUT2D eigenvalue weighted by Crippen LogP contribution is -2.32. The fourth-order valence-corrected chi connectivity index (χ4v) is 2.24. The van der Waals surface area contributed by atoms with Crippen molar-refractivity contribution in [3.63, 3.8) is 0 Å². The third kappa shape index (κ3) is 2.01. The second-order valence-electron chi connectivity index (χ2n) is 2.79.